The summed E-state index contributed by atoms with van der Waals surface area (Å²) in [6.45, 7) is 0. The van der Waals surface area contributed by atoms with Gasteiger partial charge in [0.2, 0.25) is 6.19 Å². The maximum Gasteiger partial charge on any atom is 0.212 e. The molecule has 0 radical (unpaired) electrons. The van der Waals surface area contributed by atoms with Crippen LogP contribution in [-0.4, -0.2) is 16.0 Å². The van der Waals surface area contributed by atoms with Gasteiger partial charge in [-0.25, -0.2) is 4.98 Å². The number of nitriles is 1. The van der Waals surface area contributed by atoms with Crippen molar-refractivity contribution in [3.05, 3.63) is 29.0 Å². The van der Waals surface area contributed by atoms with Crippen molar-refractivity contribution in [2.45, 2.75) is 24.5 Å². The molecule has 1 aliphatic rings. The summed E-state index contributed by atoms with van der Waals surface area (Å²) in [5.74, 6) is 1.07. The van der Waals surface area contributed by atoms with Crippen LogP contribution < -0.4 is 0 Å². The number of halogens is 1. The number of hydrogen-bond donors (Lipinski definition) is 0. The summed E-state index contributed by atoms with van der Waals surface area (Å²) in [7, 11) is -0.0678. The van der Waals surface area contributed by atoms with Crippen molar-refractivity contribution in [2.75, 3.05) is 5.75 Å². The normalized spacial score (nSPS) is 24.5. The molecule has 0 N–H and O–H groups in total. The zero-order valence-corrected chi connectivity index (χ0v) is 10.3. The summed E-state index contributed by atoms with van der Waals surface area (Å²) < 4.78 is 4.01. The van der Waals surface area contributed by atoms with Gasteiger partial charge in [0.15, 0.2) is 0 Å². The highest BCUT2D eigenvalue weighted by molar-refractivity contribution is 7.88. The Balaban J connectivity index is 2.07. The van der Waals surface area contributed by atoms with E-state index >= 15 is 0 Å². The van der Waals surface area contributed by atoms with Crippen LogP contribution in [0.1, 0.15) is 18.4 Å². The molecule has 2 unspecified atom stereocenters. The minimum absolute atomic E-state index is 0.0678. The van der Waals surface area contributed by atoms with Crippen molar-refractivity contribution in [1.82, 2.24) is 4.98 Å². The lowest BCUT2D eigenvalue weighted by Gasteiger charge is -2.10. The van der Waals surface area contributed by atoms with Crippen LogP contribution in [0.15, 0.2) is 22.7 Å². The van der Waals surface area contributed by atoms with Gasteiger partial charge in [0.1, 0.15) is 5.15 Å². The van der Waals surface area contributed by atoms with Gasteiger partial charge < -0.3 is 0 Å². The van der Waals surface area contributed by atoms with Gasteiger partial charge >= 0.3 is 0 Å². The topological polar surface area (TPSA) is 49.0 Å². The van der Waals surface area contributed by atoms with Crippen LogP contribution in [0.2, 0.25) is 5.15 Å². The molecule has 16 heavy (non-hydrogen) atoms. The molecule has 84 valence electrons. The zero-order valence-electron chi connectivity index (χ0n) is 8.77. The van der Waals surface area contributed by atoms with Gasteiger partial charge in [0, 0.05) is 17.2 Å². The number of aromatic nitrogens is 1. The second-order valence-electron chi connectivity index (χ2n) is 3.75. The van der Waals surface area contributed by atoms with Crippen molar-refractivity contribution < 1.29 is 0 Å². The Morgan fingerprint density at radius 3 is 3.19 bits per heavy atom. The Hall–Kier alpha value is -0.920. The molecule has 0 saturated carbocycles. The smallest absolute Gasteiger partial charge is 0.212 e. The van der Waals surface area contributed by atoms with Gasteiger partial charge in [0.25, 0.3) is 0 Å². The van der Waals surface area contributed by atoms with Gasteiger partial charge in [0.05, 0.1) is 0 Å². The molecule has 3 nitrogen and oxygen atoms in total. The van der Waals surface area contributed by atoms with Crippen molar-refractivity contribution in [1.29, 1.82) is 5.26 Å². The highest BCUT2D eigenvalue weighted by Crippen LogP contribution is 2.22. The van der Waals surface area contributed by atoms with E-state index in [-0.39, 0.29) is 10.7 Å². The Kier molecular flexibility index (Phi) is 3.92. The fourth-order valence-electron chi connectivity index (χ4n) is 1.92. The van der Waals surface area contributed by atoms with Gasteiger partial charge in [-0.1, -0.05) is 28.4 Å². The van der Waals surface area contributed by atoms with E-state index in [2.05, 4.69) is 9.35 Å². The summed E-state index contributed by atoms with van der Waals surface area (Å²) in [5.41, 5.74) is 1.18. The van der Waals surface area contributed by atoms with Crippen LogP contribution in [0.5, 0.6) is 0 Å². The van der Waals surface area contributed by atoms with Gasteiger partial charge in [-0.3, -0.25) is 0 Å². The third kappa shape index (κ3) is 2.81. The summed E-state index contributed by atoms with van der Waals surface area (Å²) >= 11 is 5.74. The van der Waals surface area contributed by atoms with Crippen LogP contribution in [0, 0.1) is 11.5 Å². The Bertz CT molecular complexity index is 436. The maximum atomic E-state index is 8.61. The quantitative estimate of drug-likeness (QED) is 0.601. The first kappa shape index (κ1) is 11.6. The SMILES string of the molecule is N#C/N=S1/CCCC1Cc1ccc(Cl)nc1. The van der Waals surface area contributed by atoms with E-state index in [1.807, 2.05) is 24.5 Å². The number of hydrogen-bond acceptors (Lipinski definition) is 3. The minimum atomic E-state index is -0.0678. The van der Waals surface area contributed by atoms with Crippen molar-refractivity contribution in [3.8, 4) is 6.19 Å². The molecular formula is C11H12ClN3S. The maximum absolute atomic E-state index is 8.61. The lowest BCUT2D eigenvalue weighted by atomic mass is 10.1. The van der Waals surface area contributed by atoms with Gasteiger partial charge in [-0.05, 0) is 30.9 Å². The standard InChI is InChI=1S/C11H12ClN3S/c12-11-4-3-9(7-14-11)6-10-2-1-5-16(10)15-8-13/h3-4,7,10H,1-2,5-6H2. The molecule has 1 aliphatic heterocycles. The monoisotopic (exact) mass is 253 g/mol. The van der Waals surface area contributed by atoms with Crippen molar-refractivity contribution in [2.24, 2.45) is 4.36 Å². The molecule has 2 heterocycles. The van der Waals surface area contributed by atoms with Crippen LogP contribution in [0.3, 0.4) is 0 Å². The number of nitrogens with zero attached hydrogens (tertiary/aromatic N) is 3. The van der Waals surface area contributed by atoms with Crippen LogP contribution in [-0.2, 0) is 17.1 Å². The molecule has 1 aromatic rings. The van der Waals surface area contributed by atoms with Crippen LogP contribution in [0.4, 0.5) is 0 Å². The predicted molar refractivity (Wildman–Crippen MR) is 66.2 cm³/mol. The lowest BCUT2D eigenvalue weighted by Crippen LogP contribution is -2.12. The third-order valence-corrected chi connectivity index (χ3v) is 5.09. The Morgan fingerprint density at radius 1 is 1.62 bits per heavy atom. The molecule has 0 spiro atoms. The van der Waals surface area contributed by atoms with E-state index in [1.54, 1.807) is 0 Å². The molecule has 5 heteroatoms. The summed E-state index contributed by atoms with van der Waals surface area (Å²) in [5, 5.41) is 9.65. The molecule has 0 bridgehead atoms. The summed E-state index contributed by atoms with van der Waals surface area (Å²) in [6.07, 6.45) is 7.05. The van der Waals surface area contributed by atoms with E-state index in [0.717, 1.165) is 18.6 Å². The molecule has 0 aliphatic carbocycles. The number of rotatable bonds is 2. The average molecular weight is 254 g/mol. The summed E-state index contributed by atoms with van der Waals surface area (Å²) in [4.78, 5) is 4.07. The van der Waals surface area contributed by atoms with Gasteiger partial charge in [-0.2, -0.15) is 9.62 Å². The first-order valence-corrected chi connectivity index (χ1v) is 6.99. The van der Waals surface area contributed by atoms with E-state index in [9.17, 15) is 0 Å². The molecule has 2 atom stereocenters. The van der Waals surface area contributed by atoms with Crippen molar-refractivity contribution >= 4 is 22.3 Å². The first-order chi connectivity index (χ1) is 7.79. The van der Waals surface area contributed by atoms with Crippen molar-refractivity contribution in [3.63, 3.8) is 0 Å². The Morgan fingerprint density at radius 2 is 2.50 bits per heavy atom. The van der Waals surface area contributed by atoms with Gasteiger partial charge in [-0.15, -0.1) is 0 Å². The number of pyridine rings is 1. The van der Waals surface area contributed by atoms with E-state index in [0.29, 0.717) is 10.4 Å². The zero-order chi connectivity index (χ0) is 11.4. The van der Waals surface area contributed by atoms with Crippen LogP contribution >= 0.6 is 11.6 Å². The third-order valence-electron chi connectivity index (χ3n) is 2.67. The molecule has 1 fully saturated rings. The van der Waals surface area contributed by atoms with E-state index < -0.39 is 0 Å². The largest absolute Gasteiger partial charge is 0.244 e. The highest BCUT2D eigenvalue weighted by atomic mass is 35.5. The molecule has 1 aromatic heterocycles. The highest BCUT2D eigenvalue weighted by Gasteiger charge is 2.21. The van der Waals surface area contributed by atoms with E-state index in [1.165, 1.54) is 12.0 Å². The molecule has 0 aromatic carbocycles. The van der Waals surface area contributed by atoms with E-state index in [4.69, 9.17) is 16.9 Å². The Labute approximate surface area is 103 Å². The predicted octanol–water partition coefficient (Wildman–Crippen LogP) is 2.72. The fraction of sp³-hybridized carbons (Fsp3) is 0.455. The lowest BCUT2D eigenvalue weighted by molar-refractivity contribution is 0.773. The second-order valence-corrected chi connectivity index (χ2v) is 6.20. The summed E-state index contributed by atoms with van der Waals surface area (Å²) in [6, 6.07) is 3.81. The second kappa shape index (κ2) is 5.42. The molecular weight excluding hydrogens is 242 g/mol. The fourth-order valence-corrected chi connectivity index (χ4v) is 4.00. The van der Waals surface area contributed by atoms with Crippen LogP contribution in [0.25, 0.3) is 0 Å². The minimum Gasteiger partial charge on any atom is -0.244 e. The molecule has 1 saturated heterocycles. The average Bonchev–Trinajstić information content (AvgIpc) is 2.70. The molecule has 2 rings (SSSR count). The first-order valence-electron chi connectivity index (χ1n) is 5.19. The molecule has 0 amide bonds.